The third-order valence-electron chi connectivity index (χ3n) is 6.00. The van der Waals surface area contributed by atoms with Gasteiger partial charge in [-0.25, -0.2) is 4.79 Å². The highest BCUT2D eigenvalue weighted by molar-refractivity contribution is 5.96. The number of rotatable bonds is 3. The van der Waals surface area contributed by atoms with Gasteiger partial charge in [-0.15, -0.1) is 0 Å². The smallest absolute Gasteiger partial charge is 0.375 e. The highest BCUT2D eigenvalue weighted by Gasteiger charge is 2.33. The average Bonchev–Trinajstić information content (AvgIpc) is 3.02. The SMILES string of the molecule is Cc1c(C(=O)OCC(=O)N2CC[C@H]3CCCC[C@@H]3C2)oc2ccccc12. The Morgan fingerprint density at radius 2 is 1.92 bits per heavy atom. The van der Waals surface area contributed by atoms with Gasteiger partial charge in [0.15, 0.2) is 6.61 Å². The molecule has 2 fully saturated rings. The summed E-state index contributed by atoms with van der Waals surface area (Å²) in [5.41, 5.74) is 1.41. The van der Waals surface area contributed by atoms with Gasteiger partial charge in [0.2, 0.25) is 5.76 Å². The van der Waals surface area contributed by atoms with Crippen LogP contribution in [0, 0.1) is 18.8 Å². The number of piperidine rings is 1. The van der Waals surface area contributed by atoms with Crippen LogP contribution in [0.15, 0.2) is 28.7 Å². The van der Waals surface area contributed by atoms with E-state index >= 15 is 0 Å². The van der Waals surface area contributed by atoms with Gasteiger partial charge in [0, 0.05) is 24.0 Å². The quantitative estimate of drug-likeness (QED) is 0.783. The number of ether oxygens (including phenoxy) is 1. The van der Waals surface area contributed by atoms with Gasteiger partial charge >= 0.3 is 5.97 Å². The van der Waals surface area contributed by atoms with Crippen molar-refractivity contribution in [2.75, 3.05) is 19.7 Å². The van der Waals surface area contributed by atoms with Gasteiger partial charge in [-0.1, -0.05) is 37.5 Å². The Labute approximate surface area is 153 Å². The van der Waals surface area contributed by atoms with Crippen molar-refractivity contribution in [1.29, 1.82) is 0 Å². The third kappa shape index (κ3) is 3.22. The van der Waals surface area contributed by atoms with Crippen molar-refractivity contribution < 1.29 is 18.7 Å². The van der Waals surface area contributed by atoms with E-state index in [0.29, 0.717) is 11.5 Å². The van der Waals surface area contributed by atoms with Gasteiger partial charge < -0.3 is 14.1 Å². The Balaban J connectivity index is 1.36. The van der Waals surface area contributed by atoms with E-state index in [0.717, 1.165) is 36.4 Å². The first-order chi connectivity index (χ1) is 12.6. The van der Waals surface area contributed by atoms with Crippen molar-refractivity contribution in [2.24, 2.45) is 11.8 Å². The zero-order valence-electron chi connectivity index (χ0n) is 15.2. The second kappa shape index (κ2) is 7.14. The number of carbonyl (C=O) groups excluding carboxylic acids is 2. The summed E-state index contributed by atoms with van der Waals surface area (Å²) in [6.07, 6.45) is 6.18. The molecule has 1 amide bonds. The normalized spacial score (nSPS) is 22.9. The number of fused-ring (bicyclic) bond motifs is 2. The van der Waals surface area contributed by atoms with Crippen LogP contribution in [0.3, 0.4) is 0 Å². The van der Waals surface area contributed by atoms with E-state index in [2.05, 4.69) is 0 Å². The highest BCUT2D eigenvalue weighted by Crippen LogP contribution is 2.36. The molecule has 2 aromatic rings. The minimum absolute atomic E-state index is 0.101. The van der Waals surface area contributed by atoms with Crippen LogP contribution in [-0.4, -0.2) is 36.5 Å². The van der Waals surface area contributed by atoms with Gasteiger partial charge in [-0.05, 0) is 37.7 Å². The number of esters is 1. The van der Waals surface area contributed by atoms with Gasteiger partial charge in [0.05, 0.1) is 0 Å². The van der Waals surface area contributed by atoms with Crippen LogP contribution in [0.25, 0.3) is 11.0 Å². The van der Waals surface area contributed by atoms with Crippen LogP contribution < -0.4 is 0 Å². The monoisotopic (exact) mass is 355 g/mol. The van der Waals surface area contributed by atoms with E-state index in [9.17, 15) is 9.59 Å². The zero-order valence-corrected chi connectivity index (χ0v) is 15.2. The topological polar surface area (TPSA) is 59.8 Å². The molecule has 4 rings (SSSR count). The van der Waals surface area contributed by atoms with Crippen molar-refractivity contribution in [1.82, 2.24) is 4.90 Å². The lowest BCUT2D eigenvalue weighted by molar-refractivity contribution is -0.137. The van der Waals surface area contributed by atoms with E-state index in [1.54, 1.807) is 0 Å². The second-order valence-corrected chi connectivity index (χ2v) is 7.56. The molecule has 1 saturated heterocycles. The molecule has 0 unspecified atom stereocenters. The Kier molecular flexibility index (Phi) is 4.70. The van der Waals surface area contributed by atoms with Crippen molar-refractivity contribution >= 4 is 22.8 Å². The minimum atomic E-state index is -0.570. The number of furan rings is 1. The second-order valence-electron chi connectivity index (χ2n) is 7.56. The van der Waals surface area contributed by atoms with Crippen LogP contribution in [0.2, 0.25) is 0 Å². The molecule has 5 nitrogen and oxygen atoms in total. The molecule has 1 aromatic carbocycles. The number of aryl methyl sites for hydroxylation is 1. The van der Waals surface area contributed by atoms with Crippen molar-refractivity contribution in [2.45, 2.75) is 39.0 Å². The van der Waals surface area contributed by atoms with Crippen LogP contribution in [-0.2, 0) is 9.53 Å². The maximum absolute atomic E-state index is 12.5. The summed E-state index contributed by atoms with van der Waals surface area (Å²) in [5.74, 6) is 0.907. The Morgan fingerprint density at radius 3 is 2.73 bits per heavy atom. The average molecular weight is 355 g/mol. The summed E-state index contributed by atoms with van der Waals surface area (Å²) in [6, 6.07) is 7.49. The lowest BCUT2D eigenvalue weighted by atomic mass is 9.75. The van der Waals surface area contributed by atoms with Crippen molar-refractivity contribution in [3.63, 3.8) is 0 Å². The molecule has 2 heterocycles. The van der Waals surface area contributed by atoms with Crippen LogP contribution >= 0.6 is 0 Å². The molecule has 26 heavy (non-hydrogen) atoms. The Hall–Kier alpha value is -2.30. The Bertz CT molecular complexity index is 825. The van der Waals surface area contributed by atoms with Crippen molar-refractivity contribution in [3.05, 3.63) is 35.6 Å². The first-order valence-electron chi connectivity index (χ1n) is 9.56. The van der Waals surface area contributed by atoms with Gasteiger partial charge in [-0.2, -0.15) is 0 Å². The molecule has 5 heteroatoms. The maximum atomic E-state index is 12.5. The summed E-state index contributed by atoms with van der Waals surface area (Å²) in [7, 11) is 0. The summed E-state index contributed by atoms with van der Waals surface area (Å²) in [4.78, 5) is 26.7. The fraction of sp³-hybridized carbons (Fsp3) is 0.524. The summed E-state index contributed by atoms with van der Waals surface area (Å²) in [5, 5.41) is 0.894. The highest BCUT2D eigenvalue weighted by atomic mass is 16.5. The first kappa shape index (κ1) is 17.1. The number of hydrogen-bond donors (Lipinski definition) is 0. The molecular formula is C21H25NO4. The van der Waals surface area contributed by atoms with Crippen LogP contribution in [0.4, 0.5) is 0 Å². The van der Waals surface area contributed by atoms with E-state index in [1.807, 2.05) is 36.1 Å². The molecule has 0 spiro atoms. The van der Waals surface area contributed by atoms with Crippen molar-refractivity contribution in [3.8, 4) is 0 Å². The molecule has 2 atom stereocenters. The van der Waals surface area contributed by atoms with Crippen LogP contribution in [0.1, 0.15) is 48.2 Å². The molecule has 0 radical (unpaired) electrons. The number of benzene rings is 1. The maximum Gasteiger partial charge on any atom is 0.375 e. The summed E-state index contributed by atoms with van der Waals surface area (Å²) in [6.45, 7) is 3.21. The van der Waals surface area contributed by atoms with E-state index in [-0.39, 0.29) is 18.3 Å². The predicted octanol–water partition coefficient (Wildman–Crippen LogP) is 3.94. The molecule has 0 bridgehead atoms. The van der Waals surface area contributed by atoms with E-state index < -0.39 is 5.97 Å². The first-order valence-corrected chi connectivity index (χ1v) is 9.56. The summed E-state index contributed by atoms with van der Waals surface area (Å²) >= 11 is 0. The lowest BCUT2D eigenvalue weighted by Gasteiger charge is -2.41. The number of amides is 1. The molecule has 138 valence electrons. The van der Waals surface area contributed by atoms with E-state index in [4.69, 9.17) is 9.15 Å². The molecule has 2 aliphatic rings. The number of hydrogen-bond acceptors (Lipinski definition) is 4. The summed E-state index contributed by atoms with van der Waals surface area (Å²) < 4.78 is 10.9. The van der Waals surface area contributed by atoms with Gasteiger partial charge in [-0.3, -0.25) is 4.79 Å². The Morgan fingerprint density at radius 1 is 1.15 bits per heavy atom. The van der Waals surface area contributed by atoms with Gasteiger partial charge in [0.1, 0.15) is 5.58 Å². The standard InChI is InChI=1S/C21H25NO4/c1-14-17-8-4-5-9-18(17)26-20(14)21(24)25-13-19(23)22-11-10-15-6-2-3-7-16(15)12-22/h4-5,8-9,15-16H,2-3,6-7,10-13H2,1H3/t15-,16-/m1/s1. The zero-order chi connectivity index (χ0) is 18.1. The third-order valence-corrected chi connectivity index (χ3v) is 6.00. The molecular weight excluding hydrogens is 330 g/mol. The molecule has 1 aliphatic heterocycles. The van der Waals surface area contributed by atoms with Gasteiger partial charge in [0.25, 0.3) is 5.91 Å². The van der Waals surface area contributed by atoms with Crippen LogP contribution in [0.5, 0.6) is 0 Å². The lowest BCUT2D eigenvalue weighted by Crippen LogP contribution is -2.46. The number of likely N-dealkylation sites (tertiary alicyclic amines) is 1. The fourth-order valence-corrected chi connectivity index (χ4v) is 4.48. The predicted molar refractivity (Wildman–Crippen MR) is 97.9 cm³/mol. The molecule has 0 N–H and O–H groups in total. The molecule has 1 saturated carbocycles. The minimum Gasteiger partial charge on any atom is -0.450 e. The largest absolute Gasteiger partial charge is 0.450 e. The van der Waals surface area contributed by atoms with E-state index in [1.165, 1.54) is 25.7 Å². The number of nitrogens with zero attached hydrogens (tertiary/aromatic N) is 1. The number of carbonyl (C=O) groups is 2. The molecule has 1 aromatic heterocycles. The molecule has 1 aliphatic carbocycles. The fourth-order valence-electron chi connectivity index (χ4n) is 4.48. The number of para-hydroxylation sites is 1.